The predicted octanol–water partition coefficient (Wildman–Crippen LogP) is 4.36. The van der Waals surface area contributed by atoms with Gasteiger partial charge in [-0.15, -0.1) is 0 Å². The molecule has 0 aromatic heterocycles. The first-order valence-electron chi connectivity index (χ1n) is 9.70. The third-order valence-electron chi connectivity index (χ3n) is 6.13. The summed E-state index contributed by atoms with van der Waals surface area (Å²) in [5, 5.41) is -0.551. The van der Waals surface area contributed by atoms with E-state index in [9.17, 15) is 13.0 Å². The summed E-state index contributed by atoms with van der Waals surface area (Å²) >= 11 is 0. The van der Waals surface area contributed by atoms with Crippen LogP contribution in [0.4, 0.5) is 0 Å². The number of likely N-dealkylation sites (tertiary alicyclic amines) is 1. The maximum atomic E-state index is 11.6. The molecule has 1 saturated carbocycles. The van der Waals surface area contributed by atoms with Crippen LogP contribution in [0, 0.1) is 16.7 Å². The molecule has 0 aromatic carbocycles. The van der Waals surface area contributed by atoms with Gasteiger partial charge in [0.25, 0.3) is 10.1 Å². The van der Waals surface area contributed by atoms with E-state index in [2.05, 4.69) is 32.6 Å². The topological polar surface area (TPSA) is 57.6 Å². The molecule has 0 radical (unpaired) electrons. The van der Waals surface area contributed by atoms with Gasteiger partial charge in [-0.25, -0.2) is 0 Å². The summed E-state index contributed by atoms with van der Waals surface area (Å²) < 4.78 is 32.6. The SMILES string of the molecule is CC(C)(CN1CCCCCCC1)CC(C)(C)C1CCC1S(=O)(=O)O. The number of hydrogen-bond donors (Lipinski definition) is 1. The first kappa shape index (κ1) is 20.2. The second kappa shape index (κ2) is 7.63. The Balaban J connectivity index is 1.96. The fourth-order valence-electron chi connectivity index (χ4n) is 5.22. The van der Waals surface area contributed by atoms with Crippen LogP contribution in [0.5, 0.6) is 0 Å². The summed E-state index contributed by atoms with van der Waals surface area (Å²) in [6, 6.07) is 0. The van der Waals surface area contributed by atoms with Crippen LogP contribution < -0.4 is 0 Å². The van der Waals surface area contributed by atoms with E-state index >= 15 is 0 Å². The van der Waals surface area contributed by atoms with Gasteiger partial charge in [0.2, 0.25) is 0 Å². The van der Waals surface area contributed by atoms with Gasteiger partial charge >= 0.3 is 0 Å². The quantitative estimate of drug-likeness (QED) is 0.716. The molecule has 0 amide bonds. The average molecular weight is 360 g/mol. The molecule has 0 aromatic rings. The zero-order valence-electron chi connectivity index (χ0n) is 16.1. The van der Waals surface area contributed by atoms with Crippen LogP contribution in [0.1, 0.15) is 79.1 Å². The highest BCUT2D eigenvalue weighted by Crippen LogP contribution is 2.50. The summed E-state index contributed by atoms with van der Waals surface area (Å²) in [5.74, 6) is 0.0825. The maximum Gasteiger partial charge on any atom is 0.268 e. The smallest absolute Gasteiger partial charge is 0.268 e. The van der Waals surface area contributed by atoms with Gasteiger partial charge in [-0.3, -0.25) is 4.55 Å². The zero-order chi connectivity index (χ0) is 18.0. The van der Waals surface area contributed by atoms with Crippen LogP contribution in [0.3, 0.4) is 0 Å². The van der Waals surface area contributed by atoms with E-state index < -0.39 is 15.4 Å². The molecule has 0 bridgehead atoms. The molecular formula is C19H37NO3S. The lowest BCUT2D eigenvalue weighted by atomic mass is 9.61. The van der Waals surface area contributed by atoms with Crippen molar-refractivity contribution >= 4 is 10.1 Å². The largest absolute Gasteiger partial charge is 0.303 e. The lowest BCUT2D eigenvalue weighted by molar-refractivity contribution is 0.0472. The highest BCUT2D eigenvalue weighted by atomic mass is 32.2. The lowest BCUT2D eigenvalue weighted by Gasteiger charge is -2.49. The summed E-state index contributed by atoms with van der Waals surface area (Å²) in [7, 11) is -3.90. The molecule has 2 aliphatic rings. The van der Waals surface area contributed by atoms with E-state index in [4.69, 9.17) is 0 Å². The van der Waals surface area contributed by atoms with E-state index in [1.165, 1.54) is 45.2 Å². The minimum absolute atomic E-state index is 0.0645. The fourth-order valence-corrected chi connectivity index (χ4v) is 6.57. The number of hydrogen-bond acceptors (Lipinski definition) is 3. The molecule has 4 nitrogen and oxygen atoms in total. The van der Waals surface area contributed by atoms with Crippen molar-refractivity contribution < 1.29 is 13.0 Å². The van der Waals surface area contributed by atoms with Gasteiger partial charge in [0, 0.05) is 6.54 Å². The van der Waals surface area contributed by atoms with Crippen molar-refractivity contribution in [2.45, 2.75) is 84.3 Å². The molecular weight excluding hydrogens is 322 g/mol. The number of nitrogens with zero attached hydrogens (tertiary/aromatic N) is 1. The fraction of sp³-hybridized carbons (Fsp3) is 1.00. The normalized spacial score (nSPS) is 28.0. The van der Waals surface area contributed by atoms with E-state index in [0.29, 0.717) is 6.42 Å². The molecule has 5 heteroatoms. The molecule has 1 saturated heterocycles. The van der Waals surface area contributed by atoms with Gasteiger partial charge in [-0.05, 0) is 61.9 Å². The Morgan fingerprint density at radius 1 is 0.958 bits per heavy atom. The molecule has 0 spiro atoms. The van der Waals surface area contributed by atoms with Crippen molar-refractivity contribution in [3.8, 4) is 0 Å². The van der Waals surface area contributed by atoms with Crippen molar-refractivity contribution in [2.24, 2.45) is 16.7 Å². The van der Waals surface area contributed by atoms with Gasteiger partial charge in [0.1, 0.15) is 0 Å². The molecule has 2 rings (SSSR count). The third kappa shape index (κ3) is 5.43. The Morgan fingerprint density at radius 2 is 1.50 bits per heavy atom. The average Bonchev–Trinajstić information content (AvgIpc) is 2.25. The van der Waals surface area contributed by atoms with Gasteiger partial charge in [0.05, 0.1) is 5.25 Å². The third-order valence-corrected chi connectivity index (χ3v) is 7.46. The molecule has 1 N–H and O–H groups in total. The second-order valence-electron chi connectivity index (χ2n) is 9.61. The minimum Gasteiger partial charge on any atom is -0.303 e. The van der Waals surface area contributed by atoms with E-state index in [1.54, 1.807) is 0 Å². The Labute approximate surface area is 149 Å². The standard InChI is InChI=1S/C19H37NO3S/c1-18(2,15-20-12-8-6-5-7-9-13-20)14-19(3,4)16-10-11-17(16)24(21,22)23/h16-17H,5-15H2,1-4H3,(H,21,22,23). The summed E-state index contributed by atoms with van der Waals surface area (Å²) in [6.45, 7) is 12.5. The molecule has 142 valence electrons. The Bertz CT molecular complexity index is 505. The first-order chi connectivity index (χ1) is 11.0. The van der Waals surface area contributed by atoms with Crippen molar-refractivity contribution in [2.75, 3.05) is 19.6 Å². The van der Waals surface area contributed by atoms with Crippen molar-refractivity contribution in [1.82, 2.24) is 4.90 Å². The second-order valence-corrected chi connectivity index (χ2v) is 11.2. The van der Waals surface area contributed by atoms with E-state index in [1.807, 2.05) is 0 Å². The number of rotatable bonds is 6. The van der Waals surface area contributed by atoms with E-state index in [0.717, 1.165) is 19.4 Å². The summed E-state index contributed by atoms with van der Waals surface area (Å²) in [4.78, 5) is 2.61. The molecule has 2 atom stereocenters. The molecule has 1 heterocycles. The molecule has 2 unspecified atom stereocenters. The Kier molecular flexibility index (Phi) is 6.41. The van der Waals surface area contributed by atoms with Gasteiger partial charge < -0.3 is 4.90 Å². The minimum atomic E-state index is -3.90. The monoisotopic (exact) mass is 359 g/mol. The van der Waals surface area contributed by atoms with Crippen molar-refractivity contribution in [3.05, 3.63) is 0 Å². The van der Waals surface area contributed by atoms with Gasteiger partial charge in [-0.2, -0.15) is 8.42 Å². The zero-order valence-corrected chi connectivity index (χ0v) is 16.9. The molecule has 1 aliphatic carbocycles. The van der Waals surface area contributed by atoms with Crippen LogP contribution in [-0.2, 0) is 10.1 Å². The summed E-state index contributed by atoms with van der Waals surface area (Å²) in [6.07, 6.45) is 9.19. The maximum absolute atomic E-state index is 11.6. The molecule has 24 heavy (non-hydrogen) atoms. The Hall–Kier alpha value is -0.130. The van der Waals surface area contributed by atoms with Crippen LogP contribution in [0.15, 0.2) is 0 Å². The highest BCUT2D eigenvalue weighted by Gasteiger charge is 2.49. The summed E-state index contributed by atoms with van der Waals surface area (Å²) in [5.41, 5.74) is 0.0903. The van der Waals surface area contributed by atoms with Crippen LogP contribution in [0.25, 0.3) is 0 Å². The van der Waals surface area contributed by atoms with Crippen LogP contribution in [0.2, 0.25) is 0 Å². The van der Waals surface area contributed by atoms with Gasteiger partial charge in [-0.1, -0.05) is 47.0 Å². The van der Waals surface area contributed by atoms with Crippen LogP contribution >= 0.6 is 0 Å². The molecule has 2 fully saturated rings. The lowest BCUT2D eigenvalue weighted by Crippen LogP contribution is -2.49. The van der Waals surface area contributed by atoms with Crippen molar-refractivity contribution in [1.29, 1.82) is 0 Å². The first-order valence-corrected chi connectivity index (χ1v) is 11.2. The van der Waals surface area contributed by atoms with E-state index in [-0.39, 0.29) is 16.7 Å². The van der Waals surface area contributed by atoms with Crippen molar-refractivity contribution in [3.63, 3.8) is 0 Å². The van der Waals surface area contributed by atoms with Crippen LogP contribution in [-0.4, -0.2) is 42.8 Å². The van der Waals surface area contributed by atoms with Gasteiger partial charge in [0.15, 0.2) is 0 Å². The Morgan fingerprint density at radius 3 is 1.96 bits per heavy atom. The predicted molar refractivity (Wildman–Crippen MR) is 99.8 cm³/mol. The highest BCUT2D eigenvalue weighted by molar-refractivity contribution is 7.86. The molecule has 1 aliphatic heterocycles.